The number of halogens is 1. The zero-order chi connectivity index (χ0) is 15.5. The quantitative estimate of drug-likeness (QED) is 0.899. The van der Waals surface area contributed by atoms with E-state index in [-0.39, 0.29) is 12.0 Å². The van der Waals surface area contributed by atoms with Crippen molar-refractivity contribution in [1.29, 1.82) is 0 Å². The predicted octanol–water partition coefficient (Wildman–Crippen LogP) is 1.80. The normalized spacial score (nSPS) is 20.9. The van der Waals surface area contributed by atoms with Crippen LogP contribution >= 0.6 is 11.6 Å². The van der Waals surface area contributed by atoms with E-state index in [0.717, 1.165) is 38.3 Å². The monoisotopic (exact) mass is 322 g/mol. The van der Waals surface area contributed by atoms with Crippen molar-refractivity contribution in [3.05, 3.63) is 34.9 Å². The first kappa shape index (κ1) is 15.8. The zero-order valence-corrected chi connectivity index (χ0v) is 13.5. The minimum atomic E-state index is -0.184. The average molecular weight is 323 g/mol. The minimum Gasteiger partial charge on any atom is -0.392 e. The molecule has 1 saturated heterocycles. The van der Waals surface area contributed by atoms with Gasteiger partial charge in [-0.25, -0.2) is 0 Å². The molecule has 1 unspecified atom stereocenters. The van der Waals surface area contributed by atoms with Crippen LogP contribution in [0.4, 0.5) is 0 Å². The molecule has 0 spiro atoms. The Morgan fingerprint density at radius 3 is 2.41 bits per heavy atom. The van der Waals surface area contributed by atoms with Crippen LogP contribution in [0.3, 0.4) is 0 Å². The van der Waals surface area contributed by atoms with Gasteiger partial charge in [-0.15, -0.1) is 0 Å². The summed E-state index contributed by atoms with van der Waals surface area (Å²) in [6.45, 7) is 3.98. The maximum absolute atomic E-state index is 12.3. The van der Waals surface area contributed by atoms with Gasteiger partial charge in [0.25, 0.3) is 0 Å². The number of hydrogen-bond donors (Lipinski definition) is 1. The van der Waals surface area contributed by atoms with Crippen molar-refractivity contribution in [1.82, 2.24) is 9.80 Å². The van der Waals surface area contributed by atoms with Crippen molar-refractivity contribution in [2.45, 2.75) is 25.4 Å². The van der Waals surface area contributed by atoms with Gasteiger partial charge < -0.3 is 10.0 Å². The van der Waals surface area contributed by atoms with E-state index in [2.05, 4.69) is 4.90 Å². The van der Waals surface area contributed by atoms with Crippen LogP contribution in [0.1, 0.15) is 18.4 Å². The van der Waals surface area contributed by atoms with E-state index in [1.807, 2.05) is 29.2 Å². The molecule has 1 N–H and O–H groups in total. The summed E-state index contributed by atoms with van der Waals surface area (Å²) in [6.07, 6.45) is 2.58. The van der Waals surface area contributed by atoms with Crippen molar-refractivity contribution < 1.29 is 9.90 Å². The highest BCUT2D eigenvalue weighted by Crippen LogP contribution is 2.32. The van der Waals surface area contributed by atoms with Gasteiger partial charge in [0, 0.05) is 37.7 Å². The van der Waals surface area contributed by atoms with Crippen LogP contribution in [0.25, 0.3) is 0 Å². The lowest BCUT2D eigenvalue weighted by Crippen LogP contribution is -2.51. The number of hydrogen-bond acceptors (Lipinski definition) is 3. The Labute approximate surface area is 136 Å². The number of β-amino-alcohol motifs (C(OH)–C–C–N with tert-alkyl or cyclic N) is 1. The molecular weight excluding hydrogens is 300 g/mol. The number of rotatable bonds is 5. The molecule has 0 aromatic heterocycles. The maximum Gasteiger partial charge on any atom is 0.227 e. The summed E-state index contributed by atoms with van der Waals surface area (Å²) in [5.41, 5.74) is 1.00. The number of piperazine rings is 1. The van der Waals surface area contributed by atoms with E-state index in [0.29, 0.717) is 17.4 Å². The molecule has 4 nitrogen and oxygen atoms in total. The van der Waals surface area contributed by atoms with Crippen LogP contribution < -0.4 is 0 Å². The fourth-order valence-electron chi connectivity index (χ4n) is 2.96. The topological polar surface area (TPSA) is 43.8 Å². The van der Waals surface area contributed by atoms with E-state index in [1.54, 1.807) is 0 Å². The van der Waals surface area contributed by atoms with Crippen LogP contribution in [0.15, 0.2) is 24.3 Å². The average Bonchev–Trinajstić information content (AvgIpc) is 3.35. The number of aliphatic hydroxyl groups excluding tert-OH is 1. The van der Waals surface area contributed by atoms with E-state index in [4.69, 9.17) is 11.6 Å². The molecule has 22 heavy (non-hydrogen) atoms. The second kappa shape index (κ2) is 6.99. The van der Waals surface area contributed by atoms with Gasteiger partial charge in [0.15, 0.2) is 0 Å². The first-order valence-electron chi connectivity index (χ1n) is 8.04. The van der Waals surface area contributed by atoms with Gasteiger partial charge >= 0.3 is 0 Å². The van der Waals surface area contributed by atoms with Crippen molar-refractivity contribution in [2.75, 3.05) is 32.7 Å². The Morgan fingerprint density at radius 2 is 1.82 bits per heavy atom. The SMILES string of the molecule is O=C(Cc1ccc(Cl)cc1)N1CCN(CC(O)C2CC2)CC1. The van der Waals surface area contributed by atoms with Crippen LogP contribution in [0.2, 0.25) is 5.02 Å². The number of nitrogens with zero attached hydrogens (tertiary/aromatic N) is 2. The largest absolute Gasteiger partial charge is 0.392 e. The highest BCUT2D eigenvalue weighted by atomic mass is 35.5. The molecule has 1 aliphatic heterocycles. The summed E-state index contributed by atoms with van der Waals surface area (Å²) in [4.78, 5) is 16.5. The van der Waals surface area contributed by atoms with Crippen molar-refractivity contribution in [3.8, 4) is 0 Å². The molecule has 1 amide bonds. The second-order valence-electron chi connectivity index (χ2n) is 6.39. The molecule has 1 atom stereocenters. The van der Waals surface area contributed by atoms with Gasteiger partial charge in [-0.1, -0.05) is 23.7 Å². The molecule has 0 bridgehead atoms. The fourth-order valence-corrected chi connectivity index (χ4v) is 3.09. The smallest absolute Gasteiger partial charge is 0.227 e. The molecule has 1 aromatic rings. The van der Waals surface area contributed by atoms with Crippen molar-refractivity contribution in [2.24, 2.45) is 5.92 Å². The van der Waals surface area contributed by atoms with Gasteiger partial charge in [0.1, 0.15) is 0 Å². The molecule has 2 aliphatic rings. The highest BCUT2D eigenvalue weighted by Gasteiger charge is 2.32. The molecule has 120 valence electrons. The fraction of sp³-hybridized carbons (Fsp3) is 0.588. The van der Waals surface area contributed by atoms with E-state index in [1.165, 1.54) is 12.8 Å². The lowest BCUT2D eigenvalue weighted by molar-refractivity contribution is -0.132. The molecule has 5 heteroatoms. The van der Waals surface area contributed by atoms with Crippen molar-refractivity contribution in [3.63, 3.8) is 0 Å². The molecular formula is C17H23ClN2O2. The highest BCUT2D eigenvalue weighted by molar-refractivity contribution is 6.30. The molecule has 3 rings (SSSR count). The minimum absolute atomic E-state index is 0.171. The second-order valence-corrected chi connectivity index (χ2v) is 6.83. The third-order valence-electron chi connectivity index (χ3n) is 4.61. The molecule has 2 fully saturated rings. The summed E-state index contributed by atoms with van der Waals surface area (Å²) in [6, 6.07) is 7.45. The number of aliphatic hydroxyl groups is 1. The maximum atomic E-state index is 12.3. The molecule has 1 heterocycles. The van der Waals surface area contributed by atoms with Gasteiger partial charge in [-0.3, -0.25) is 9.69 Å². The van der Waals surface area contributed by atoms with Gasteiger partial charge in [-0.2, -0.15) is 0 Å². The van der Waals surface area contributed by atoms with Gasteiger partial charge in [0.2, 0.25) is 5.91 Å². The molecule has 1 aliphatic carbocycles. The summed E-state index contributed by atoms with van der Waals surface area (Å²) >= 11 is 5.86. The Morgan fingerprint density at radius 1 is 1.18 bits per heavy atom. The van der Waals surface area contributed by atoms with E-state index >= 15 is 0 Å². The molecule has 1 aromatic carbocycles. The zero-order valence-electron chi connectivity index (χ0n) is 12.7. The van der Waals surface area contributed by atoms with Gasteiger partial charge in [-0.05, 0) is 36.5 Å². The van der Waals surface area contributed by atoms with Crippen molar-refractivity contribution >= 4 is 17.5 Å². The first-order valence-corrected chi connectivity index (χ1v) is 8.42. The molecule has 1 saturated carbocycles. The Hall–Kier alpha value is -1.10. The summed E-state index contributed by atoms with van der Waals surface area (Å²) < 4.78 is 0. The Balaban J connectivity index is 1.44. The summed E-state index contributed by atoms with van der Waals surface area (Å²) in [5, 5.41) is 10.7. The molecule has 0 radical (unpaired) electrons. The summed E-state index contributed by atoms with van der Waals surface area (Å²) in [5.74, 6) is 0.689. The Bertz CT molecular complexity index is 508. The van der Waals surface area contributed by atoms with E-state index in [9.17, 15) is 9.90 Å². The lowest BCUT2D eigenvalue weighted by Gasteiger charge is -2.35. The summed E-state index contributed by atoms with van der Waals surface area (Å²) in [7, 11) is 0. The van der Waals surface area contributed by atoms with Crippen LogP contribution in [0.5, 0.6) is 0 Å². The number of amides is 1. The number of carbonyl (C=O) groups excluding carboxylic acids is 1. The number of carbonyl (C=O) groups is 1. The van der Waals surface area contributed by atoms with Crippen LogP contribution in [-0.2, 0) is 11.2 Å². The van der Waals surface area contributed by atoms with Crippen LogP contribution in [0, 0.1) is 5.92 Å². The van der Waals surface area contributed by atoms with E-state index < -0.39 is 0 Å². The third-order valence-corrected chi connectivity index (χ3v) is 4.86. The predicted molar refractivity (Wildman–Crippen MR) is 86.9 cm³/mol. The first-order chi connectivity index (χ1) is 10.6. The Kier molecular flexibility index (Phi) is 5.01. The van der Waals surface area contributed by atoms with Gasteiger partial charge in [0.05, 0.1) is 12.5 Å². The lowest BCUT2D eigenvalue weighted by atomic mass is 10.1. The third kappa shape index (κ3) is 4.22. The standard InChI is InChI=1S/C17H23ClN2O2/c18-15-5-1-13(2-6-15)11-17(22)20-9-7-19(8-10-20)12-16(21)14-3-4-14/h1-2,5-6,14,16,21H,3-4,7-12H2. The number of benzene rings is 1. The van der Waals surface area contributed by atoms with Crippen LogP contribution in [-0.4, -0.2) is 59.6 Å².